The first-order valence-electron chi connectivity index (χ1n) is 5.01. The minimum absolute atomic E-state index is 0.643. The number of halogens is 2. The molecule has 0 bridgehead atoms. The molecule has 1 aromatic carbocycles. The summed E-state index contributed by atoms with van der Waals surface area (Å²) in [5.74, 6) is 0.719. The lowest BCUT2D eigenvalue weighted by atomic mass is 10.3. The summed E-state index contributed by atoms with van der Waals surface area (Å²) in [7, 11) is 0. The quantitative estimate of drug-likeness (QED) is 0.876. The van der Waals surface area contributed by atoms with Gasteiger partial charge in [-0.05, 0) is 37.3 Å². The highest BCUT2D eigenvalue weighted by Gasteiger charge is 2.03. The minimum atomic E-state index is 0.643. The van der Waals surface area contributed by atoms with Crippen molar-refractivity contribution in [1.82, 2.24) is 4.98 Å². The molecule has 3 nitrogen and oxygen atoms in total. The fraction of sp³-hybridized carbons (Fsp3) is 0.0833. The summed E-state index contributed by atoms with van der Waals surface area (Å²) in [6.45, 7) is 1.86. The molecule has 0 unspecified atom stereocenters. The van der Waals surface area contributed by atoms with Gasteiger partial charge >= 0.3 is 0 Å². The molecule has 0 radical (unpaired) electrons. The molecule has 0 aliphatic rings. The number of anilines is 3. The Morgan fingerprint density at radius 1 is 1.29 bits per heavy atom. The second-order valence-corrected chi connectivity index (χ2v) is 4.94. The number of nitrogens with zero attached hydrogens (tertiary/aromatic N) is 1. The number of benzene rings is 1. The van der Waals surface area contributed by atoms with Crippen LogP contribution in [0.3, 0.4) is 0 Å². The zero-order chi connectivity index (χ0) is 12.4. The first kappa shape index (κ1) is 12.2. The van der Waals surface area contributed by atoms with Gasteiger partial charge in [-0.2, -0.15) is 0 Å². The van der Waals surface area contributed by atoms with Crippen LogP contribution in [-0.4, -0.2) is 4.98 Å². The smallest absolute Gasteiger partial charge is 0.130 e. The predicted octanol–water partition coefficient (Wildman–Crippen LogP) is 4.13. The Morgan fingerprint density at radius 2 is 2.06 bits per heavy atom. The van der Waals surface area contributed by atoms with Crippen LogP contribution in [0.25, 0.3) is 0 Å². The van der Waals surface area contributed by atoms with Crippen LogP contribution >= 0.6 is 27.5 Å². The minimum Gasteiger partial charge on any atom is -0.397 e. The summed E-state index contributed by atoms with van der Waals surface area (Å²) < 4.78 is 0.955. The van der Waals surface area contributed by atoms with Gasteiger partial charge < -0.3 is 11.1 Å². The number of aromatic nitrogens is 1. The van der Waals surface area contributed by atoms with Gasteiger partial charge in [-0.15, -0.1) is 0 Å². The largest absolute Gasteiger partial charge is 0.397 e. The Bertz CT molecular complexity index is 557. The molecule has 0 amide bonds. The van der Waals surface area contributed by atoms with Crippen molar-refractivity contribution in [2.75, 3.05) is 11.1 Å². The molecule has 0 fully saturated rings. The lowest BCUT2D eigenvalue weighted by Gasteiger charge is -2.09. The van der Waals surface area contributed by atoms with Crippen LogP contribution in [0.5, 0.6) is 0 Å². The van der Waals surface area contributed by atoms with E-state index in [1.54, 1.807) is 0 Å². The zero-order valence-corrected chi connectivity index (χ0v) is 11.5. The summed E-state index contributed by atoms with van der Waals surface area (Å²) in [5.41, 5.74) is 7.99. The number of rotatable bonds is 2. The number of hydrogen-bond donors (Lipinski definition) is 2. The molecule has 17 heavy (non-hydrogen) atoms. The maximum atomic E-state index is 6.08. The van der Waals surface area contributed by atoms with Crippen molar-refractivity contribution in [2.45, 2.75) is 6.92 Å². The first-order chi connectivity index (χ1) is 8.06. The molecule has 3 N–H and O–H groups in total. The molecule has 1 aromatic heterocycles. The van der Waals surface area contributed by atoms with Crippen LogP contribution in [0.4, 0.5) is 17.2 Å². The Balaban J connectivity index is 2.31. The zero-order valence-electron chi connectivity index (χ0n) is 9.17. The molecule has 0 spiro atoms. The van der Waals surface area contributed by atoms with Crippen LogP contribution in [0.15, 0.2) is 34.8 Å². The highest BCUT2D eigenvalue weighted by atomic mass is 79.9. The van der Waals surface area contributed by atoms with E-state index in [4.69, 9.17) is 17.3 Å². The summed E-state index contributed by atoms with van der Waals surface area (Å²) in [4.78, 5) is 4.33. The number of nitrogens with one attached hydrogen (secondary N) is 1. The van der Waals surface area contributed by atoms with Crippen LogP contribution in [0.2, 0.25) is 5.02 Å². The molecule has 0 atom stereocenters. The molecule has 0 saturated heterocycles. The SMILES string of the molecule is Cc1nc(Nc2cc(Br)ccc2Cl)ccc1N. The van der Waals surface area contributed by atoms with Gasteiger partial charge in [-0.1, -0.05) is 27.5 Å². The van der Waals surface area contributed by atoms with E-state index >= 15 is 0 Å². The molecular formula is C12H11BrClN3. The number of hydrogen-bond acceptors (Lipinski definition) is 3. The lowest BCUT2D eigenvalue weighted by Crippen LogP contribution is -1.98. The molecule has 2 rings (SSSR count). The van der Waals surface area contributed by atoms with Gasteiger partial charge in [0.05, 0.1) is 22.1 Å². The molecule has 0 saturated carbocycles. The van der Waals surface area contributed by atoms with E-state index in [1.165, 1.54) is 0 Å². The normalized spacial score (nSPS) is 10.3. The second kappa shape index (κ2) is 4.94. The van der Waals surface area contributed by atoms with Crippen LogP contribution < -0.4 is 11.1 Å². The Labute approximate surface area is 113 Å². The standard InChI is InChI=1S/C12H11BrClN3/c1-7-10(15)4-5-12(16-7)17-11-6-8(13)2-3-9(11)14/h2-6H,15H2,1H3,(H,16,17). The van der Waals surface area contributed by atoms with Crippen molar-refractivity contribution < 1.29 is 0 Å². The van der Waals surface area contributed by atoms with E-state index in [9.17, 15) is 0 Å². The van der Waals surface area contributed by atoms with Gasteiger partial charge in [0.25, 0.3) is 0 Å². The van der Waals surface area contributed by atoms with Crippen molar-refractivity contribution in [1.29, 1.82) is 0 Å². The summed E-state index contributed by atoms with van der Waals surface area (Å²) >= 11 is 9.48. The van der Waals surface area contributed by atoms with Crippen molar-refractivity contribution in [2.24, 2.45) is 0 Å². The molecule has 88 valence electrons. The Morgan fingerprint density at radius 3 is 2.76 bits per heavy atom. The van der Waals surface area contributed by atoms with Gasteiger partial charge in [0.1, 0.15) is 5.82 Å². The summed E-state index contributed by atoms with van der Waals surface area (Å²) in [6.07, 6.45) is 0. The van der Waals surface area contributed by atoms with Crippen molar-refractivity contribution >= 4 is 44.7 Å². The molecule has 0 aliphatic carbocycles. The molecule has 5 heteroatoms. The predicted molar refractivity (Wildman–Crippen MR) is 75.8 cm³/mol. The molecule has 2 aromatic rings. The molecule has 0 aliphatic heterocycles. The van der Waals surface area contributed by atoms with Crippen molar-refractivity contribution in [3.05, 3.63) is 45.5 Å². The highest BCUT2D eigenvalue weighted by Crippen LogP contribution is 2.28. The van der Waals surface area contributed by atoms with Crippen molar-refractivity contribution in [3.63, 3.8) is 0 Å². The van der Waals surface area contributed by atoms with Crippen LogP contribution in [0.1, 0.15) is 5.69 Å². The van der Waals surface area contributed by atoms with Crippen LogP contribution in [0, 0.1) is 6.92 Å². The number of pyridine rings is 1. The maximum Gasteiger partial charge on any atom is 0.130 e. The third-order valence-electron chi connectivity index (χ3n) is 2.32. The number of nitrogens with two attached hydrogens (primary N) is 1. The number of nitrogen functional groups attached to an aromatic ring is 1. The Kier molecular flexibility index (Phi) is 3.54. The van der Waals surface area contributed by atoms with E-state index in [-0.39, 0.29) is 0 Å². The fourth-order valence-electron chi connectivity index (χ4n) is 1.37. The highest BCUT2D eigenvalue weighted by molar-refractivity contribution is 9.10. The molecule has 1 heterocycles. The van der Waals surface area contributed by atoms with Gasteiger partial charge in [0, 0.05) is 4.47 Å². The average molecular weight is 313 g/mol. The van der Waals surface area contributed by atoms with Crippen molar-refractivity contribution in [3.8, 4) is 0 Å². The Hall–Kier alpha value is -1.26. The van der Waals surface area contributed by atoms with Gasteiger partial charge in [-0.3, -0.25) is 0 Å². The van der Waals surface area contributed by atoms with Gasteiger partial charge in [0.2, 0.25) is 0 Å². The maximum absolute atomic E-state index is 6.08. The first-order valence-corrected chi connectivity index (χ1v) is 6.18. The van der Waals surface area contributed by atoms with Crippen LogP contribution in [-0.2, 0) is 0 Å². The topological polar surface area (TPSA) is 50.9 Å². The van der Waals surface area contributed by atoms with E-state index in [0.717, 1.165) is 21.7 Å². The fourth-order valence-corrected chi connectivity index (χ4v) is 1.90. The van der Waals surface area contributed by atoms with E-state index in [0.29, 0.717) is 10.7 Å². The average Bonchev–Trinajstić information content (AvgIpc) is 2.29. The van der Waals surface area contributed by atoms with Gasteiger partial charge in [-0.25, -0.2) is 4.98 Å². The van der Waals surface area contributed by atoms with E-state index in [2.05, 4.69) is 26.2 Å². The summed E-state index contributed by atoms with van der Waals surface area (Å²) in [6, 6.07) is 9.24. The van der Waals surface area contributed by atoms with E-state index in [1.807, 2.05) is 37.3 Å². The second-order valence-electron chi connectivity index (χ2n) is 3.62. The summed E-state index contributed by atoms with van der Waals surface area (Å²) in [5, 5.41) is 3.80. The molecular weight excluding hydrogens is 302 g/mol. The van der Waals surface area contributed by atoms with Gasteiger partial charge in [0.15, 0.2) is 0 Å². The number of aryl methyl sites for hydroxylation is 1. The van der Waals surface area contributed by atoms with E-state index < -0.39 is 0 Å². The third kappa shape index (κ3) is 2.90. The third-order valence-corrected chi connectivity index (χ3v) is 3.14. The monoisotopic (exact) mass is 311 g/mol. The lowest BCUT2D eigenvalue weighted by molar-refractivity contribution is 1.20.